The third kappa shape index (κ3) is 3.86. The van der Waals surface area contributed by atoms with Gasteiger partial charge in [0.1, 0.15) is 5.75 Å². The van der Waals surface area contributed by atoms with Crippen molar-refractivity contribution < 1.29 is 15.0 Å². The lowest BCUT2D eigenvalue weighted by atomic mass is 10.1. The number of carbonyl (C=O) groups excluding carboxylic acids is 1. The molecule has 0 spiro atoms. The lowest BCUT2D eigenvalue weighted by molar-refractivity contribution is 0.142. The second kappa shape index (κ2) is 7.36. The Hall–Kier alpha value is -2.53. The number of aryl methyl sites for hydroxylation is 1. The van der Waals surface area contributed by atoms with E-state index in [0.717, 1.165) is 29.5 Å². The summed E-state index contributed by atoms with van der Waals surface area (Å²) >= 11 is 0. The first-order chi connectivity index (χ1) is 11.6. The fourth-order valence-electron chi connectivity index (χ4n) is 3.10. The first-order valence-corrected chi connectivity index (χ1v) is 8.21. The standard InChI is InChI=1S/C19H22N2O3/c22-15-9-7-13(8-10-15)4-3-11-20-19(24)21-18-16-6-2-1-5-14(16)12-17(18)23/h1-2,5-10,17-18,22-23H,3-4,11-12H2,(H2,20,21,24)/t17-,18+/m1/s1. The zero-order chi connectivity index (χ0) is 16.9. The topological polar surface area (TPSA) is 81.6 Å². The van der Waals surface area contributed by atoms with Crippen LogP contribution in [-0.4, -0.2) is 28.9 Å². The molecule has 5 heteroatoms. The third-order valence-corrected chi connectivity index (χ3v) is 4.35. The van der Waals surface area contributed by atoms with Crippen LogP contribution in [0.4, 0.5) is 4.79 Å². The minimum atomic E-state index is -0.579. The molecule has 0 radical (unpaired) electrons. The number of nitrogens with one attached hydrogen (secondary N) is 2. The molecule has 2 aromatic rings. The van der Waals surface area contributed by atoms with Gasteiger partial charge in [-0.2, -0.15) is 0 Å². The van der Waals surface area contributed by atoms with Crippen molar-refractivity contribution in [3.8, 4) is 5.75 Å². The van der Waals surface area contributed by atoms with E-state index in [-0.39, 0.29) is 17.8 Å². The van der Waals surface area contributed by atoms with Crippen LogP contribution in [-0.2, 0) is 12.8 Å². The van der Waals surface area contributed by atoms with Crippen LogP contribution in [0.15, 0.2) is 48.5 Å². The number of hydrogen-bond acceptors (Lipinski definition) is 3. The highest BCUT2D eigenvalue weighted by molar-refractivity contribution is 5.74. The highest BCUT2D eigenvalue weighted by Gasteiger charge is 2.31. The molecule has 0 aliphatic heterocycles. The summed E-state index contributed by atoms with van der Waals surface area (Å²) in [5.41, 5.74) is 3.20. The second-order valence-electron chi connectivity index (χ2n) is 6.12. The molecule has 2 amide bonds. The van der Waals surface area contributed by atoms with E-state index in [4.69, 9.17) is 0 Å². The van der Waals surface area contributed by atoms with Gasteiger partial charge >= 0.3 is 6.03 Å². The van der Waals surface area contributed by atoms with Crippen molar-refractivity contribution in [1.82, 2.24) is 10.6 Å². The van der Waals surface area contributed by atoms with Crippen molar-refractivity contribution >= 4 is 6.03 Å². The minimum absolute atomic E-state index is 0.256. The van der Waals surface area contributed by atoms with Gasteiger partial charge in [0, 0.05) is 13.0 Å². The number of rotatable bonds is 5. The number of phenolic OH excluding ortho intramolecular Hbond substituents is 1. The van der Waals surface area contributed by atoms with Crippen LogP contribution >= 0.6 is 0 Å². The van der Waals surface area contributed by atoms with Crippen LogP contribution in [0.1, 0.15) is 29.2 Å². The Balaban J connectivity index is 1.44. The van der Waals surface area contributed by atoms with E-state index in [9.17, 15) is 15.0 Å². The number of hydrogen-bond donors (Lipinski definition) is 4. The molecule has 4 N–H and O–H groups in total. The third-order valence-electron chi connectivity index (χ3n) is 4.35. The van der Waals surface area contributed by atoms with Gasteiger partial charge in [-0.25, -0.2) is 4.79 Å². The van der Waals surface area contributed by atoms with Crippen LogP contribution < -0.4 is 10.6 Å². The van der Waals surface area contributed by atoms with Gasteiger partial charge in [0.05, 0.1) is 12.1 Å². The number of amides is 2. The highest BCUT2D eigenvalue weighted by Crippen LogP contribution is 2.30. The summed E-state index contributed by atoms with van der Waals surface area (Å²) in [7, 11) is 0. The predicted molar refractivity (Wildman–Crippen MR) is 91.9 cm³/mol. The zero-order valence-corrected chi connectivity index (χ0v) is 13.4. The van der Waals surface area contributed by atoms with Gasteiger partial charge in [-0.05, 0) is 41.7 Å². The quantitative estimate of drug-likeness (QED) is 0.636. The Morgan fingerprint density at radius 1 is 1.12 bits per heavy atom. The molecule has 3 rings (SSSR count). The second-order valence-corrected chi connectivity index (χ2v) is 6.12. The molecule has 2 aromatic carbocycles. The number of fused-ring (bicyclic) bond motifs is 1. The number of aromatic hydroxyl groups is 1. The lowest BCUT2D eigenvalue weighted by Gasteiger charge is -2.18. The van der Waals surface area contributed by atoms with Crippen molar-refractivity contribution in [3.05, 3.63) is 65.2 Å². The number of benzene rings is 2. The van der Waals surface area contributed by atoms with Crippen LogP contribution in [0.5, 0.6) is 5.75 Å². The Labute approximate surface area is 141 Å². The first kappa shape index (κ1) is 16.3. The Kier molecular flexibility index (Phi) is 5.01. The van der Waals surface area contributed by atoms with Gasteiger partial charge in [0.2, 0.25) is 0 Å². The van der Waals surface area contributed by atoms with Crippen LogP contribution in [0, 0.1) is 0 Å². The average Bonchev–Trinajstić information content (AvgIpc) is 2.89. The fourth-order valence-corrected chi connectivity index (χ4v) is 3.10. The molecule has 1 aliphatic carbocycles. The van der Waals surface area contributed by atoms with Gasteiger partial charge in [-0.3, -0.25) is 0 Å². The summed E-state index contributed by atoms with van der Waals surface area (Å²) in [5, 5.41) is 25.1. The molecule has 0 unspecified atom stereocenters. The maximum absolute atomic E-state index is 12.0. The summed E-state index contributed by atoms with van der Waals surface area (Å²) in [5.74, 6) is 0.256. The van der Waals surface area contributed by atoms with Crippen LogP contribution in [0.25, 0.3) is 0 Å². The molecule has 24 heavy (non-hydrogen) atoms. The van der Waals surface area contributed by atoms with Gasteiger partial charge in [-0.1, -0.05) is 36.4 Å². The van der Waals surface area contributed by atoms with E-state index < -0.39 is 6.10 Å². The summed E-state index contributed by atoms with van der Waals surface area (Å²) in [6.45, 7) is 0.553. The largest absolute Gasteiger partial charge is 0.508 e. The summed E-state index contributed by atoms with van der Waals surface area (Å²) in [4.78, 5) is 12.0. The van der Waals surface area contributed by atoms with Crippen molar-refractivity contribution in [2.24, 2.45) is 0 Å². The molecule has 5 nitrogen and oxygen atoms in total. The molecule has 0 saturated carbocycles. The molecular weight excluding hydrogens is 304 g/mol. The van der Waals surface area contributed by atoms with Crippen molar-refractivity contribution in [3.63, 3.8) is 0 Å². The lowest BCUT2D eigenvalue weighted by Crippen LogP contribution is -2.41. The van der Waals surface area contributed by atoms with E-state index >= 15 is 0 Å². The van der Waals surface area contributed by atoms with Gasteiger partial charge in [0.25, 0.3) is 0 Å². The molecule has 126 valence electrons. The SMILES string of the molecule is O=C(NCCCc1ccc(O)cc1)N[C@H]1c2ccccc2C[C@H]1O. The molecule has 0 bridgehead atoms. The maximum Gasteiger partial charge on any atom is 0.315 e. The number of carbonyl (C=O) groups is 1. The zero-order valence-electron chi connectivity index (χ0n) is 13.4. The smallest absolute Gasteiger partial charge is 0.315 e. The Morgan fingerprint density at radius 2 is 1.88 bits per heavy atom. The molecule has 2 atom stereocenters. The molecule has 1 aliphatic rings. The van der Waals surface area contributed by atoms with E-state index in [1.165, 1.54) is 0 Å². The van der Waals surface area contributed by atoms with Gasteiger partial charge in [0.15, 0.2) is 0 Å². The number of aliphatic hydroxyl groups excluding tert-OH is 1. The van der Waals surface area contributed by atoms with Crippen LogP contribution in [0.3, 0.4) is 0 Å². The van der Waals surface area contributed by atoms with Crippen LogP contribution in [0.2, 0.25) is 0 Å². The summed E-state index contributed by atoms with van der Waals surface area (Å²) in [6, 6.07) is 14.3. The van der Waals surface area contributed by atoms with E-state index in [2.05, 4.69) is 10.6 Å². The number of phenols is 1. The fraction of sp³-hybridized carbons (Fsp3) is 0.316. The molecular formula is C19H22N2O3. The average molecular weight is 326 g/mol. The molecule has 0 fully saturated rings. The van der Waals surface area contributed by atoms with Gasteiger partial charge < -0.3 is 20.8 Å². The van der Waals surface area contributed by atoms with Gasteiger partial charge in [-0.15, -0.1) is 0 Å². The monoisotopic (exact) mass is 326 g/mol. The number of aliphatic hydroxyl groups is 1. The Bertz CT molecular complexity index is 700. The molecule has 0 saturated heterocycles. The van der Waals surface area contributed by atoms with E-state index in [1.807, 2.05) is 36.4 Å². The molecule has 0 heterocycles. The van der Waals surface area contributed by atoms with E-state index in [0.29, 0.717) is 13.0 Å². The first-order valence-electron chi connectivity index (χ1n) is 8.21. The Morgan fingerprint density at radius 3 is 2.67 bits per heavy atom. The maximum atomic E-state index is 12.0. The molecule has 0 aromatic heterocycles. The number of urea groups is 1. The minimum Gasteiger partial charge on any atom is -0.508 e. The van der Waals surface area contributed by atoms with Crippen molar-refractivity contribution in [2.45, 2.75) is 31.4 Å². The van der Waals surface area contributed by atoms with Crippen molar-refractivity contribution in [1.29, 1.82) is 0 Å². The van der Waals surface area contributed by atoms with E-state index in [1.54, 1.807) is 12.1 Å². The summed E-state index contributed by atoms with van der Waals surface area (Å²) < 4.78 is 0. The highest BCUT2D eigenvalue weighted by atomic mass is 16.3. The normalized spacial score (nSPS) is 18.9. The predicted octanol–water partition coefficient (Wildman–Crippen LogP) is 2.28. The summed E-state index contributed by atoms with van der Waals surface area (Å²) in [6.07, 6.45) is 1.63. The van der Waals surface area contributed by atoms with Crippen molar-refractivity contribution in [2.75, 3.05) is 6.54 Å².